The monoisotopic (exact) mass is 328 g/mol. The standard InChI is InChI=1S/C19H24N2O3/c22-14-19(9-5-2-6-10-19)13-20-18(23)12-16-11-17(24-21-16)15-7-3-1-4-8-15/h1,3-4,7-8,11,22H,2,5-6,9-10,12-14H2,(H,20,23). The van der Waals surface area contributed by atoms with Crippen LogP contribution in [0.25, 0.3) is 11.3 Å². The van der Waals surface area contributed by atoms with Crippen LogP contribution in [0.1, 0.15) is 37.8 Å². The summed E-state index contributed by atoms with van der Waals surface area (Å²) >= 11 is 0. The van der Waals surface area contributed by atoms with Crippen molar-refractivity contribution in [2.24, 2.45) is 5.41 Å². The van der Waals surface area contributed by atoms with Crippen molar-refractivity contribution < 1.29 is 14.4 Å². The lowest BCUT2D eigenvalue weighted by atomic mass is 9.74. The second kappa shape index (κ2) is 7.62. The van der Waals surface area contributed by atoms with E-state index in [0.29, 0.717) is 18.0 Å². The molecule has 5 nitrogen and oxygen atoms in total. The van der Waals surface area contributed by atoms with Crippen LogP contribution in [0.5, 0.6) is 0 Å². The van der Waals surface area contributed by atoms with Crippen molar-refractivity contribution in [3.8, 4) is 11.3 Å². The maximum absolute atomic E-state index is 12.2. The van der Waals surface area contributed by atoms with Gasteiger partial charge in [0.05, 0.1) is 18.7 Å². The number of aliphatic hydroxyl groups is 1. The van der Waals surface area contributed by atoms with Crippen molar-refractivity contribution in [2.75, 3.05) is 13.2 Å². The summed E-state index contributed by atoms with van der Waals surface area (Å²) < 4.78 is 5.32. The predicted octanol–water partition coefficient (Wildman–Crippen LogP) is 2.94. The molecule has 128 valence electrons. The Labute approximate surface area is 142 Å². The molecule has 0 spiro atoms. The molecule has 0 aliphatic heterocycles. The highest BCUT2D eigenvalue weighted by Crippen LogP contribution is 2.35. The van der Waals surface area contributed by atoms with Gasteiger partial charge in [0.15, 0.2) is 5.76 Å². The normalized spacial score (nSPS) is 16.7. The van der Waals surface area contributed by atoms with Gasteiger partial charge in [-0.05, 0) is 12.8 Å². The highest BCUT2D eigenvalue weighted by Gasteiger charge is 2.31. The molecule has 1 aromatic heterocycles. The molecule has 0 atom stereocenters. The lowest BCUT2D eigenvalue weighted by molar-refractivity contribution is -0.121. The number of amides is 1. The van der Waals surface area contributed by atoms with Gasteiger partial charge in [0.1, 0.15) is 0 Å². The van der Waals surface area contributed by atoms with E-state index in [2.05, 4.69) is 10.5 Å². The van der Waals surface area contributed by atoms with Crippen LogP contribution >= 0.6 is 0 Å². The molecule has 1 heterocycles. The maximum atomic E-state index is 12.2. The van der Waals surface area contributed by atoms with Crippen LogP contribution in [0.4, 0.5) is 0 Å². The molecule has 0 radical (unpaired) electrons. The predicted molar refractivity (Wildman–Crippen MR) is 91.3 cm³/mol. The first-order valence-corrected chi connectivity index (χ1v) is 8.59. The largest absolute Gasteiger partial charge is 0.396 e. The first-order valence-electron chi connectivity index (χ1n) is 8.59. The SMILES string of the molecule is O=C(Cc1cc(-c2ccccc2)on1)NCC1(CO)CCCCC1. The topological polar surface area (TPSA) is 75.4 Å². The Kier molecular flexibility index (Phi) is 5.30. The van der Waals surface area contributed by atoms with Crippen LogP contribution in [0, 0.1) is 5.41 Å². The first-order chi connectivity index (χ1) is 11.7. The molecule has 1 saturated carbocycles. The van der Waals surface area contributed by atoms with Crippen molar-refractivity contribution in [2.45, 2.75) is 38.5 Å². The number of hydrogen-bond acceptors (Lipinski definition) is 4. The maximum Gasteiger partial charge on any atom is 0.226 e. The number of hydrogen-bond donors (Lipinski definition) is 2. The van der Waals surface area contributed by atoms with Crippen LogP contribution < -0.4 is 5.32 Å². The van der Waals surface area contributed by atoms with Gasteiger partial charge in [-0.25, -0.2) is 0 Å². The number of rotatable bonds is 6. The summed E-state index contributed by atoms with van der Waals surface area (Å²) in [5.74, 6) is 0.582. The number of benzene rings is 1. The number of carbonyl (C=O) groups excluding carboxylic acids is 1. The summed E-state index contributed by atoms with van der Waals surface area (Å²) in [6.45, 7) is 0.668. The molecule has 24 heavy (non-hydrogen) atoms. The van der Waals surface area contributed by atoms with Crippen molar-refractivity contribution in [3.63, 3.8) is 0 Å². The fourth-order valence-corrected chi connectivity index (χ4v) is 3.34. The fraction of sp³-hybridized carbons (Fsp3) is 0.474. The molecule has 0 unspecified atom stereocenters. The van der Waals surface area contributed by atoms with Gasteiger partial charge in [-0.15, -0.1) is 0 Å². The Hall–Kier alpha value is -2.14. The molecule has 0 saturated heterocycles. The highest BCUT2D eigenvalue weighted by molar-refractivity contribution is 5.78. The van der Waals surface area contributed by atoms with Crippen LogP contribution in [-0.4, -0.2) is 29.3 Å². The van der Waals surface area contributed by atoms with Crippen LogP contribution in [0.15, 0.2) is 40.9 Å². The van der Waals surface area contributed by atoms with Crippen LogP contribution in [-0.2, 0) is 11.2 Å². The first kappa shape index (κ1) is 16.7. The van der Waals surface area contributed by atoms with Crippen molar-refractivity contribution in [3.05, 3.63) is 42.1 Å². The highest BCUT2D eigenvalue weighted by atomic mass is 16.5. The summed E-state index contributed by atoms with van der Waals surface area (Å²) in [4.78, 5) is 12.2. The molecule has 1 aromatic carbocycles. The van der Waals surface area contributed by atoms with Gasteiger partial charge in [-0.3, -0.25) is 4.79 Å². The van der Waals surface area contributed by atoms with Gasteiger partial charge < -0.3 is 14.9 Å². The number of nitrogens with one attached hydrogen (secondary N) is 1. The van der Waals surface area contributed by atoms with E-state index in [0.717, 1.165) is 31.2 Å². The summed E-state index contributed by atoms with van der Waals surface area (Å²) in [5, 5.41) is 16.6. The van der Waals surface area contributed by atoms with Gasteiger partial charge in [0, 0.05) is 23.6 Å². The molecule has 1 amide bonds. The Morgan fingerprint density at radius 1 is 1.21 bits per heavy atom. The average molecular weight is 328 g/mol. The third-order valence-corrected chi connectivity index (χ3v) is 4.87. The molecular formula is C19H24N2O3. The van der Waals surface area contributed by atoms with E-state index in [1.807, 2.05) is 30.3 Å². The molecule has 0 bridgehead atoms. The fourth-order valence-electron chi connectivity index (χ4n) is 3.34. The Balaban J connectivity index is 1.54. The molecule has 2 aromatic rings. The van der Waals surface area contributed by atoms with Crippen LogP contribution in [0.2, 0.25) is 0 Å². The lowest BCUT2D eigenvalue weighted by Crippen LogP contribution is -2.41. The molecule has 1 aliphatic rings. The van der Waals surface area contributed by atoms with E-state index in [9.17, 15) is 9.90 Å². The van der Waals surface area contributed by atoms with E-state index in [4.69, 9.17) is 4.52 Å². The molecule has 1 aliphatic carbocycles. The Bertz CT molecular complexity index is 660. The molecule has 5 heteroatoms. The molecular weight excluding hydrogens is 304 g/mol. The lowest BCUT2D eigenvalue weighted by Gasteiger charge is -2.35. The average Bonchev–Trinajstić information content (AvgIpc) is 3.10. The third kappa shape index (κ3) is 4.03. The van der Waals surface area contributed by atoms with Crippen molar-refractivity contribution >= 4 is 5.91 Å². The number of aromatic nitrogens is 1. The van der Waals surface area contributed by atoms with Gasteiger partial charge >= 0.3 is 0 Å². The molecule has 3 rings (SSSR count). The summed E-state index contributed by atoms with van der Waals surface area (Å²) in [6, 6.07) is 11.5. The van der Waals surface area contributed by atoms with Gasteiger partial charge in [-0.2, -0.15) is 0 Å². The van der Waals surface area contributed by atoms with Crippen molar-refractivity contribution in [1.82, 2.24) is 10.5 Å². The Morgan fingerprint density at radius 3 is 2.67 bits per heavy atom. The molecule has 1 fully saturated rings. The third-order valence-electron chi connectivity index (χ3n) is 4.87. The van der Waals surface area contributed by atoms with Crippen LogP contribution in [0.3, 0.4) is 0 Å². The quantitative estimate of drug-likeness (QED) is 0.855. The molecule has 2 N–H and O–H groups in total. The minimum atomic E-state index is -0.146. The van der Waals surface area contributed by atoms with E-state index in [1.54, 1.807) is 6.07 Å². The zero-order valence-corrected chi connectivity index (χ0v) is 13.8. The van der Waals surface area contributed by atoms with E-state index < -0.39 is 0 Å². The second-order valence-electron chi connectivity index (χ2n) is 6.72. The van der Waals surface area contributed by atoms with Gasteiger partial charge in [0.2, 0.25) is 5.91 Å². The minimum absolute atomic E-state index is 0.0821. The van der Waals surface area contributed by atoms with Crippen molar-refractivity contribution in [1.29, 1.82) is 0 Å². The number of carbonyl (C=O) groups is 1. The minimum Gasteiger partial charge on any atom is -0.396 e. The Morgan fingerprint density at radius 2 is 1.96 bits per heavy atom. The van der Waals surface area contributed by atoms with Gasteiger partial charge in [0.25, 0.3) is 0 Å². The van der Waals surface area contributed by atoms with E-state index >= 15 is 0 Å². The van der Waals surface area contributed by atoms with E-state index in [-0.39, 0.29) is 24.3 Å². The van der Waals surface area contributed by atoms with Gasteiger partial charge in [-0.1, -0.05) is 54.8 Å². The zero-order chi connectivity index (χ0) is 16.8. The zero-order valence-electron chi connectivity index (χ0n) is 13.8. The number of nitrogens with zero attached hydrogens (tertiary/aromatic N) is 1. The summed E-state index contributed by atoms with van der Waals surface area (Å²) in [6.07, 6.45) is 5.62. The number of aliphatic hydroxyl groups excluding tert-OH is 1. The van der Waals surface area contributed by atoms with E-state index in [1.165, 1.54) is 6.42 Å². The summed E-state index contributed by atoms with van der Waals surface area (Å²) in [5.41, 5.74) is 1.42. The smallest absolute Gasteiger partial charge is 0.226 e. The summed E-state index contributed by atoms with van der Waals surface area (Å²) in [7, 11) is 0. The second-order valence-corrected chi connectivity index (χ2v) is 6.72.